The monoisotopic (exact) mass is 447 g/mol. The van der Waals surface area contributed by atoms with Crippen molar-refractivity contribution in [2.75, 3.05) is 20.1 Å². The van der Waals surface area contributed by atoms with E-state index in [2.05, 4.69) is 25.8 Å². The van der Waals surface area contributed by atoms with Gasteiger partial charge in [0.05, 0.1) is 0 Å². The highest BCUT2D eigenvalue weighted by molar-refractivity contribution is 14.0. The molecule has 6 nitrogen and oxygen atoms in total. The summed E-state index contributed by atoms with van der Waals surface area (Å²) in [6.45, 7) is 3.24. The zero-order chi connectivity index (χ0) is 16.5. The topological polar surface area (TPSA) is 75.3 Å². The molecule has 0 radical (unpaired) electrons. The maximum absolute atomic E-state index is 13.1. The first-order valence-corrected chi connectivity index (χ1v) is 7.65. The average molecular weight is 447 g/mol. The number of guanidine groups is 1. The van der Waals surface area contributed by atoms with Gasteiger partial charge in [-0.3, -0.25) is 4.99 Å². The van der Waals surface area contributed by atoms with E-state index >= 15 is 0 Å². The molecule has 24 heavy (non-hydrogen) atoms. The molecule has 0 bridgehead atoms. The number of nitrogens with one attached hydrogen (secondary N) is 2. The van der Waals surface area contributed by atoms with Crippen LogP contribution >= 0.6 is 24.0 Å². The Morgan fingerprint density at radius 3 is 2.71 bits per heavy atom. The number of benzene rings is 1. The molecule has 0 spiro atoms. The molecule has 0 amide bonds. The molecular formula is C16H23FIN5O. The fourth-order valence-electron chi connectivity index (χ4n) is 2.13. The van der Waals surface area contributed by atoms with Crippen LogP contribution in [-0.2, 0) is 12.8 Å². The molecule has 2 rings (SSSR count). The van der Waals surface area contributed by atoms with Crippen LogP contribution in [0.5, 0.6) is 0 Å². The van der Waals surface area contributed by atoms with Gasteiger partial charge in [-0.05, 0) is 37.5 Å². The summed E-state index contributed by atoms with van der Waals surface area (Å²) in [7, 11) is 1.72. The summed E-state index contributed by atoms with van der Waals surface area (Å²) in [5.74, 6) is 1.82. The lowest BCUT2D eigenvalue weighted by Crippen LogP contribution is -2.38. The van der Waals surface area contributed by atoms with Crippen molar-refractivity contribution in [3.8, 4) is 0 Å². The Bertz CT molecular complexity index is 647. The van der Waals surface area contributed by atoms with Crippen LogP contribution < -0.4 is 10.6 Å². The normalized spacial score (nSPS) is 11.0. The third kappa shape index (κ3) is 7.24. The van der Waals surface area contributed by atoms with E-state index in [4.69, 9.17) is 4.52 Å². The van der Waals surface area contributed by atoms with E-state index in [1.807, 2.05) is 6.07 Å². The number of hydrogen-bond acceptors (Lipinski definition) is 4. The van der Waals surface area contributed by atoms with Crippen molar-refractivity contribution < 1.29 is 8.91 Å². The maximum atomic E-state index is 13.1. The van der Waals surface area contributed by atoms with Gasteiger partial charge >= 0.3 is 0 Å². The van der Waals surface area contributed by atoms with Gasteiger partial charge in [-0.15, -0.1) is 24.0 Å². The highest BCUT2D eigenvalue weighted by Gasteiger charge is 2.03. The van der Waals surface area contributed by atoms with Gasteiger partial charge in [-0.1, -0.05) is 17.3 Å². The second kappa shape index (κ2) is 11.0. The molecular weight excluding hydrogens is 424 g/mol. The van der Waals surface area contributed by atoms with Crippen LogP contribution in [0.3, 0.4) is 0 Å². The number of hydrogen-bond donors (Lipinski definition) is 2. The minimum Gasteiger partial charge on any atom is -0.356 e. The average Bonchev–Trinajstić information content (AvgIpc) is 2.95. The zero-order valence-corrected chi connectivity index (χ0v) is 16.2. The first-order chi connectivity index (χ1) is 11.2. The van der Waals surface area contributed by atoms with Crippen molar-refractivity contribution in [3.05, 3.63) is 47.4 Å². The van der Waals surface area contributed by atoms with Crippen LogP contribution in [0.15, 0.2) is 33.8 Å². The third-order valence-corrected chi connectivity index (χ3v) is 3.25. The maximum Gasteiger partial charge on any atom is 0.226 e. The summed E-state index contributed by atoms with van der Waals surface area (Å²) in [6.07, 6.45) is 2.33. The van der Waals surface area contributed by atoms with Crippen molar-refractivity contribution in [1.29, 1.82) is 0 Å². The minimum atomic E-state index is -0.207. The van der Waals surface area contributed by atoms with Gasteiger partial charge in [0, 0.05) is 26.6 Å². The fourth-order valence-corrected chi connectivity index (χ4v) is 2.13. The lowest BCUT2D eigenvalue weighted by Gasteiger charge is -2.11. The van der Waals surface area contributed by atoms with Gasteiger partial charge in [0.15, 0.2) is 11.8 Å². The van der Waals surface area contributed by atoms with Crippen LogP contribution in [0.25, 0.3) is 0 Å². The molecule has 0 saturated heterocycles. The van der Waals surface area contributed by atoms with Gasteiger partial charge in [-0.2, -0.15) is 4.98 Å². The van der Waals surface area contributed by atoms with E-state index in [9.17, 15) is 4.39 Å². The van der Waals surface area contributed by atoms with Crippen molar-refractivity contribution in [1.82, 2.24) is 20.8 Å². The molecule has 0 aliphatic heterocycles. The predicted octanol–water partition coefficient (Wildman–Crippen LogP) is 2.48. The molecule has 1 heterocycles. The molecule has 0 aliphatic rings. The van der Waals surface area contributed by atoms with Crippen LogP contribution in [0.4, 0.5) is 4.39 Å². The lowest BCUT2D eigenvalue weighted by molar-refractivity contribution is 0.372. The summed E-state index contributed by atoms with van der Waals surface area (Å²) in [5, 5.41) is 10.2. The predicted molar refractivity (Wildman–Crippen MR) is 102 cm³/mol. The first-order valence-electron chi connectivity index (χ1n) is 7.65. The Morgan fingerprint density at radius 1 is 1.25 bits per heavy atom. The summed E-state index contributed by atoms with van der Waals surface area (Å²) in [5.41, 5.74) is 0.958. The first kappa shape index (κ1) is 20.3. The molecule has 0 saturated carbocycles. The Hall–Kier alpha value is -1.71. The van der Waals surface area contributed by atoms with E-state index in [1.54, 1.807) is 26.1 Å². The molecule has 8 heteroatoms. The van der Waals surface area contributed by atoms with Crippen LogP contribution in [-0.4, -0.2) is 36.2 Å². The second-order valence-electron chi connectivity index (χ2n) is 5.14. The molecule has 2 aromatic rings. The standard InChI is InChI=1S/C16H22FN5O.HI/c1-12-21-15(23-22-12)7-4-9-19-16(18-2)20-10-8-13-5-3-6-14(17)11-13;/h3,5-6,11H,4,7-10H2,1-2H3,(H2,18,19,20);1H. The number of aromatic nitrogens is 2. The molecule has 1 aromatic heterocycles. The highest BCUT2D eigenvalue weighted by atomic mass is 127. The fraction of sp³-hybridized carbons (Fsp3) is 0.438. The number of rotatable bonds is 7. The van der Waals surface area contributed by atoms with Crippen molar-refractivity contribution in [2.45, 2.75) is 26.2 Å². The number of halogens is 2. The third-order valence-electron chi connectivity index (χ3n) is 3.25. The molecule has 0 atom stereocenters. The van der Waals surface area contributed by atoms with Crippen LogP contribution in [0, 0.1) is 12.7 Å². The van der Waals surface area contributed by atoms with E-state index in [0.29, 0.717) is 18.3 Å². The molecule has 2 N–H and O–H groups in total. The number of nitrogens with zero attached hydrogens (tertiary/aromatic N) is 3. The largest absolute Gasteiger partial charge is 0.356 e. The zero-order valence-electron chi connectivity index (χ0n) is 13.9. The van der Waals surface area contributed by atoms with E-state index in [1.165, 1.54) is 6.07 Å². The van der Waals surface area contributed by atoms with Gasteiger partial charge in [0.25, 0.3) is 0 Å². The molecule has 0 fully saturated rings. The summed E-state index contributed by atoms with van der Waals surface area (Å²) >= 11 is 0. The van der Waals surface area contributed by atoms with Gasteiger partial charge in [-0.25, -0.2) is 4.39 Å². The minimum absolute atomic E-state index is 0. The highest BCUT2D eigenvalue weighted by Crippen LogP contribution is 2.03. The molecule has 1 aromatic carbocycles. The van der Waals surface area contributed by atoms with E-state index < -0.39 is 0 Å². The Morgan fingerprint density at radius 2 is 2.04 bits per heavy atom. The quantitative estimate of drug-likeness (QED) is 0.295. The van der Waals surface area contributed by atoms with E-state index in [0.717, 1.165) is 37.3 Å². The van der Waals surface area contributed by atoms with Gasteiger partial charge < -0.3 is 15.2 Å². The summed E-state index contributed by atoms with van der Waals surface area (Å²) in [4.78, 5) is 8.31. The van der Waals surface area contributed by atoms with Crippen LogP contribution in [0.2, 0.25) is 0 Å². The molecule has 0 unspecified atom stereocenters. The lowest BCUT2D eigenvalue weighted by atomic mass is 10.1. The Labute approximate surface area is 158 Å². The second-order valence-corrected chi connectivity index (χ2v) is 5.14. The number of aryl methyl sites for hydroxylation is 2. The Balaban J connectivity index is 0.00000288. The van der Waals surface area contributed by atoms with Crippen molar-refractivity contribution in [3.63, 3.8) is 0 Å². The summed E-state index contributed by atoms with van der Waals surface area (Å²) < 4.78 is 18.1. The van der Waals surface area contributed by atoms with E-state index in [-0.39, 0.29) is 29.8 Å². The van der Waals surface area contributed by atoms with Crippen molar-refractivity contribution in [2.24, 2.45) is 4.99 Å². The Kier molecular flexibility index (Phi) is 9.28. The summed E-state index contributed by atoms with van der Waals surface area (Å²) in [6, 6.07) is 6.62. The molecule has 0 aliphatic carbocycles. The molecule has 132 valence electrons. The van der Waals surface area contributed by atoms with Crippen LogP contribution in [0.1, 0.15) is 23.7 Å². The number of aliphatic imine (C=N–C) groups is 1. The van der Waals surface area contributed by atoms with Crippen molar-refractivity contribution >= 4 is 29.9 Å². The SMILES string of the molecule is CN=C(NCCCc1nc(C)no1)NCCc1cccc(F)c1.I. The smallest absolute Gasteiger partial charge is 0.226 e. The van der Waals surface area contributed by atoms with Gasteiger partial charge in [0.2, 0.25) is 5.89 Å². The van der Waals surface area contributed by atoms with Gasteiger partial charge in [0.1, 0.15) is 5.82 Å².